The van der Waals surface area contributed by atoms with Crippen LogP contribution < -0.4 is 0 Å². The van der Waals surface area contributed by atoms with Crippen molar-refractivity contribution in [1.82, 2.24) is 0 Å². The maximum Gasteiger partial charge on any atom is 0.160 e. The summed E-state index contributed by atoms with van der Waals surface area (Å²) in [6.07, 6.45) is 9.72. The van der Waals surface area contributed by atoms with Crippen molar-refractivity contribution in [3.63, 3.8) is 0 Å². The van der Waals surface area contributed by atoms with E-state index in [1.807, 2.05) is 0 Å². The first-order valence-electron chi connectivity index (χ1n) is 4.32. The van der Waals surface area contributed by atoms with E-state index < -0.39 is 0 Å². The molecule has 1 aliphatic rings. The van der Waals surface area contributed by atoms with Crippen molar-refractivity contribution in [1.29, 1.82) is 0 Å². The van der Waals surface area contributed by atoms with Gasteiger partial charge in [-0.15, -0.1) is 12.8 Å². The van der Waals surface area contributed by atoms with E-state index in [9.17, 15) is 5.53 Å². The minimum Gasteiger partial charge on any atom is -0.507 e. The molecule has 0 amide bonds. The summed E-state index contributed by atoms with van der Waals surface area (Å²) in [5, 5.41) is 0. The largest absolute Gasteiger partial charge is 0.507 e. The Morgan fingerprint density at radius 1 is 1.14 bits per heavy atom. The summed E-state index contributed by atoms with van der Waals surface area (Å²) in [4.78, 5) is 0. The normalized spacial score (nSPS) is 25.7. The van der Waals surface area contributed by atoms with E-state index in [1.165, 1.54) is 0 Å². The fourth-order valence-corrected chi connectivity index (χ4v) is 1.36. The monoisotopic (exact) mass is 192 g/mol. The van der Waals surface area contributed by atoms with Gasteiger partial charge < -0.3 is 19.7 Å². The molecule has 4 nitrogen and oxygen atoms in total. The highest BCUT2D eigenvalue weighted by atomic mass is 16.5. The van der Waals surface area contributed by atoms with Crippen LogP contribution in [0.2, 0.25) is 0 Å². The number of nitrogens with zero attached hydrogens (tertiary/aromatic N) is 2. The maximum absolute atomic E-state index is 9.24. The van der Waals surface area contributed by atoms with Crippen LogP contribution in [0.5, 0.6) is 0 Å². The third kappa shape index (κ3) is 2.85. The zero-order valence-electron chi connectivity index (χ0n) is 7.85. The van der Waals surface area contributed by atoms with Crippen LogP contribution in [0.4, 0.5) is 0 Å². The zero-order chi connectivity index (χ0) is 10.4. The zero-order valence-corrected chi connectivity index (χ0v) is 7.85. The van der Waals surface area contributed by atoms with Crippen LogP contribution in [0.3, 0.4) is 0 Å². The van der Waals surface area contributed by atoms with Crippen molar-refractivity contribution < 1.29 is 14.2 Å². The molecule has 0 aliphatic carbocycles. The third-order valence-corrected chi connectivity index (χ3v) is 1.96. The molecule has 1 rings (SSSR count). The molecule has 1 heterocycles. The van der Waals surface area contributed by atoms with Gasteiger partial charge in [0.2, 0.25) is 0 Å². The molecule has 0 radical (unpaired) electrons. The summed E-state index contributed by atoms with van der Waals surface area (Å²) in [5.74, 6) is 4.74. The second-order valence-corrected chi connectivity index (χ2v) is 2.98. The van der Waals surface area contributed by atoms with E-state index in [2.05, 4.69) is 11.8 Å². The topological polar surface area (TPSA) is 43.8 Å². The molecule has 1 saturated heterocycles. The van der Waals surface area contributed by atoms with Gasteiger partial charge in [-0.05, 0) is 0 Å². The van der Waals surface area contributed by atoms with Crippen molar-refractivity contribution >= 4 is 0 Å². The summed E-state index contributed by atoms with van der Waals surface area (Å²) >= 11 is 0. The van der Waals surface area contributed by atoms with Gasteiger partial charge in [-0.25, -0.2) is 0 Å². The molecule has 14 heavy (non-hydrogen) atoms. The lowest BCUT2D eigenvalue weighted by molar-refractivity contribution is -0.534. The SMILES string of the molecule is C#CCO[C@H]1C[N+](=[N-])C[C@H]1OCC#C. The maximum atomic E-state index is 9.24. The molecular weight excluding hydrogens is 180 g/mol. The second kappa shape index (κ2) is 5.39. The molecule has 4 heteroatoms. The molecule has 0 aromatic carbocycles. The Balaban J connectivity index is 2.42. The average Bonchev–Trinajstić information content (AvgIpc) is 2.52. The summed E-state index contributed by atoms with van der Waals surface area (Å²) in [5.41, 5.74) is 9.24. The highest BCUT2D eigenvalue weighted by Crippen LogP contribution is 2.12. The summed E-state index contributed by atoms with van der Waals surface area (Å²) in [7, 11) is 0. The van der Waals surface area contributed by atoms with Crippen molar-refractivity contribution in [3.05, 3.63) is 5.53 Å². The van der Waals surface area contributed by atoms with E-state index in [0.717, 1.165) is 4.70 Å². The molecule has 0 unspecified atom stereocenters. The fourth-order valence-electron chi connectivity index (χ4n) is 1.36. The van der Waals surface area contributed by atoms with Crippen LogP contribution in [0, 0.1) is 24.7 Å². The van der Waals surface area contributed by atoms with Crippen molar-refractivity contribution in [2.75, 3.05) is 26.3 Å². The molecule has 0 saturated carbocycles. The summed E-state index contributed by atoms with van der Waals surface area (Å²) < 4.78 is 11.7. The predicted octanol–water partition coefficient (Wildman–Crippen LogP) is 0.0709. The van der Waals surface area contributed by atoms with Gasteiger partial charge in [0.15, 0.2) is 13.1 Å². The highest BCUT2D eigenvalue weighted by molar-refractivity contribution is 4.87. The minimum absolute atomic E-state index is 0.204. The Morgan fingerprint density at radius 3 is 1.93 bits per heavy atom. The quantitative estimate of drug-likeness (QED) is 0.467. The standard InChI is InChI=1S/C10H12N2O2/c1-3-5-13-9-7-12(11)8-10(9)14-6-4-2/h1-2,9-10H,5-8H2/t9-,10+. The van der Waals surface area contributed by atoms with Gasteiger partial charge in [0.1, 0.15) is 25.4 Å². The summed E-state index contributed by atoms with van der Waals surface area (Å²) in [6.45, 7) is 1.23. The van der Waals surface area contributed by atoms with Crippen LogP contribution in [0.15, 0.2) is 0 Å². The molecule has 0 bridgehead atoms. The Morgan fingerprint density at radius 2 is 1.57 bits per heavy atom. The lowest BCUT2D eigenvalue weighted by atomic mass is 10.2. The lowest BCUT2D eigenvalue weighted by Gasteiger charge is -2.13. The van der Waals surface area contributed by atoms with E-state index in [-0.39, 0.29) is 25.4 Å². The fraction of sp³-hybridized carbons (Fsp3) is 0.600. The van der Waals surface area contributed by atoms with Crippen LogP contribution in [-0.2, 0) is 9.47 Å². The third-order valence-electron chi connectivity index (χ3n) is 1.96. The summed E-state index contributed by atoms with van der Waals surface area (Å²) in [6, 6.07) is 0. The lowest BCUT2D eigenvalue weighted by Crippen LogP contribution is -2.30. The van der Waals surface area contributed by atoms with E-state index in [1.54, 1.807) is 0 Å². The molecule has 0 spiro atoms. The van der Waals surface area contributed by atoms with E-state index in [0.29, 0.717) is 13.1 Å². The molecule has 1 aliphatic heterocycles. The number of rotatable bonds is 4. The molecule has 0 N–H and O–H groups in total. The van der Waals surface area contributed by atoms with Gasteiger partial charge in [-0.3, -0.25) is 0 Å². The first-order valence-corrected chi connectivity index (χ1v) is 4.32. The van der Waals surface area contributed by atoms with Crippen LogP contribution in [0.25, 0.3) is 5.53 Å². The van der Waals surface area contributed by atoms with Crippen LogP contribution >= 0.6 is 0 Å². The van der Waals surface area contributed by atoms with Crippen LogP contribution in [-0.4, -0.2) is 43.2 Å². The van der Waals surface area contributed by atoms with Crippen molar-refractivity contribution in [2.45, 2.75) is 12.2 Å². The van der Waals surface area contributed by atoms with Gasteiger partial charge in [-0.2, -0.15) is 0 Å². The van der Waals surface area contributed by atoms with Crippen LogP contribution in [0.1, 0.15) is 0 Å². The van der Waals surface area contributed by atoms with E-state index in [4.69, 9.17) is 22.3 Å². The Bertz CT molecular complexity index is 259. The second-order valence-electron chi connectivity index (χ2n) is 2.98. The van der Waals surface area contributed by atoms with Gasteiger partial charge in [0.05, 0.1) is 0 Å². The molecule has 0 aromatic rings. The number of hydrogen-bond acceptors (Lipinski definition) is 2. The Labute approximate surface area is 83.7 Å². The number of ether oxygens (including phenoxy) is 2. The number of terminal acetylenes is 2. The molecular formula is C10H12N2O2. The Hall–Kier alpha value is -1.36. The molecule has 1 fully saturated rings. The van der Waals surface area contributed by atoms with Crippen molar-refractivity contribution in [3.8, 4) is 24.7 Å². The molecule has 74 valence electrons. The van der Waals surface area contributed by atoms with Gasteiger partial charge in [-0.1, -0.05) is 11.8 Å². The van der Waals surface area contributed by atoms with Gasteiger partial charge in [0.25, 0.3) is 0 Å². The highest BCUT2D eigenvalue weighted by Gasteiger charge is 2.35. The average molecular weight is 192 g/mol. The van der Waals surface area contributed by atoms with Gasteiger partial charge >= 0.3 is 0 Å². The Kier molecular flexibility index (Phi) is 4.12. The molecule has 2 atom stereocenters. The van der Waals surface area contributed by atoms with E-state index >= 15 is 0 Å². The minimum atomic E-state index is -0.204. The van der Waals surface area contributed by atoms with Crippen molar-refractivity contribution in [2.24, 2.45) is 0 Å². The first-order chi connectivity index (χ1) is 6.77. The molecule has 0 aromatic heterocycles. The smallest absolute Gasteiger partial charge is 0.160 e. The van der Waals surface area contributed by atoms with Gasteiger partial charge in [0, 0.05) is 0 Å². The number of hydrogen-bond donors (Lipinski definition) is 0. The predicted molar refractivity (Wildman–Crippen MR) is 50.5 cm³/mol. The first kappa shape index (κ1) is 10.7.